The van der Waals surface area contributed by atoms with Gasteiger partial charge >= 0.3 is 0 Å². The van der Waals surface area contributed by atoms with Crippen molar-refractivity contribution >= 4 is 50.6 Å². The summed E-state index contributed by atoms with van der Waals surface area (Å²) in [5.74, 6) is 0.604. The number of hydrogen-bond donors (Lipinski definition) is 0. The topological polar surface area (TPSA) is 65.3 Å². The monoisotopic (exact) mass is 418 g/mol. The molecule has 5 aromatic rings. The molecule has 0 aliphatic heterocycles. The molecular weight excluding hydrogens is 404 g/mol. The molecule has 142 valence electrons. The van der Waals surface area contributed by atoms with Crippen LogP contribution in [0.15, 0.2) is 81.3 Å². The van der Waals surface area contributed by atoms with Gasteiger partial charge in [-0.15, -0.1) is 0 Å². The quantitative estimate of drug-likeness (QED) is 0.306. The molecule has 0 bridgehead atoms. The van der Waals surface area contributed by atoms with Crippen LogP contribution in [0.5, 0.6) is 0 Å². The van der Waals surface area contributed by atoms with E-state index in [0.29, 0.717) is 25.8 Å². The number of benzene rings is 2. The van der Waals surface area contributed by atoms with E-state index >= 15 is 0 Å². The molecular formula is C21H14N4O2S2. The molecule has 0 aliphatic rings. The van der Waals surface area contributed by atoms with Gasteiger partial charge in [0, 0.05) is 11.1 Å². The Morgan fingerprint density at radius 3 is 2.69 bits per heavy atom. The van der Waals surface area contributed by atoms with Crippen molar-refractivity contribution in [2.45, 2.75) is 6.92 Å². The van der Waals surface area contributed by atoms with E-state index in [0.717, 1.165) is 16.7 Å². The number of hydrogen-bond acceptors (Lipinski definition) is 6. The number of thiazole rings is 1. The lowest BCUT2D eigenvalue weighted by Crippen LogP contribution is -2.18. The fourth-order valence-electron chi connectivity index (χ4n) is 3.14. The van der Waals surface area contributed by atoms with Crippen LogP contribution in [0.4, 0.5) is 0 Å². The number of rotatable bonds is 3. The second-order valence-electron chi connectivity index (χ2n) is 6.42. The summed E-state index contributed by atoms with van der Waals surface area (Å²) < 4.78 is 9.88. The van der Waals surface area contributed by atoms with Gasteiger partial charge in [-0.05, 0) is 43.4 Å². The zero-order valence-electron chi connectivity index (χ0n) is 15.3. The largest absolute Gasteiger partial charge is 0.455 e. The van der Waals surface area contributed by atoms with Crippen molar-refractivity contribution in [3.8, 4) is 5.69 Å². The first kappa shape index (κ1) is 17.7. The molecule has 2 aromatic carbocycles. The SMILES string of the molecule is C/C(=N\n1cnc2c(sc(=S)n2-c2ccccc2)c1=O)c1cc2ccccc2o1. The van der Waals surface area contributed by atoms with Crippen LogP contribution in [0, 0.1) is 3.95 Å². The van der Waals surface area contributed by atoms with Crippen molar-refractivity contribution in [2.24, 2.45) is 5.10 Å². The van der Waals surface area contributed by atoms with Gasteiger partial charge in [0.15, 0.2) is 15.4 Å². The zero-order chi connectivity index (χ0) is 20.0. The summed E-state index contributed by atoms with van der Waals surface area (Å²) in [6.07, 6.45) is 1.41. The van der Waals surface area contributed by atoms with Crippen LogP contribution in [-0.4, -0.2) is 19.9 Å². The van der Waals surface area contributed by atoms with E-state index in [9.17, 15) is 4.79 Å². The van der Waals surface area contributed by atoms with E-state index in [1.54, 1.807) is 11.5 Å². The zero-order valence-corrected chi connectivity index (χ0v) is 16.9. The molecule has 3 heterocycles. The standard InChI is InChI=1S/C21H14N4O2S2/c1-13(17-11-14-7-5-6-10-16(14)27-17)23-24-12-22-19-18(20(24)26)29-21(28)25(19)15-8-3-2-4-9-15/h2-12H,1H3/b23-13+. The average molecular weight is 419 g/mol. The minimum Gasteiger partial charge on any atom is -0.455 e. The van der Waals surface area contributed by atoms with Crippen LogP contribution in [0.1, 0.15) is 12.7 Å². The maximum atomic E-state index is 13.0. The van der Waals surface area contributed by atoms with Gasteiger partial charge in [-0.25, -0.2) is 4.98 Å². The Bertz CT molecular complexity index is 1470. The molecule has 6 nitrogen and oxygen atoms in total. The fourth-order valence-corrected chi connectivity index (χ4v) is 4.45. The highest BCUT2D eigenvalue weighted by molar-refractivity contribution is 7.73. The summed E-state index contributed by atoms with van der Waals surface area (Å²) in [4.78, 5) is 17.5. The van der Waals surface area contributed by atoms with E-state index in [1.807, 2.05) is 60.7 Å². The Morgan fingerprint density at radius 2 is 1.90 bits per heavy atom. The van der Waals surface area contributed by atoms with E-state index in [2.05, 4.69) is 10.1 Å². The molecule has 0 saturated carbocycles. The van der Waals surface area contributed by atoms with Gasteiger partial charge in [0.05, 0.1) is 0 Å². The Balaban J connectivity index is 1.63. The van der Waals surface area contributed by atoms with Gasteiger partial charge in [0.25, 0.3) is 5.56 Å². The van der Waals surface area contributed by atoms with Gasteiger partial charge in [0.2, 0.25) is 0 Å². The summed E-state index contributed by atoms with van der Waals surface area (Å²) in [5.41, 5.74) is 2.49. The first-order valence-electron chi connectivity index (χ1n) is 8.85. The third-order valence-corrected chi connectivity index (χ3v) is 5.88. The van der Waals surface area contributed by atoms with Crippen LogP contribution >= 0.6 is 23.6 Å². The molecule has 0 N–H and O–H groups in total. The molecule has 0 unspecified atom stereocenters. The highest BCUT2D eigenvalue weighted by Gasteiger charge is 2.14. The minimum atomic E-state index is -0.267. The average Bonchev–Trinajstić information content (AvgIpc) is 3.32. The Hall–Kier alpha value is -3.36. The normalized spacial score (nSPS) is 12.1. The lowest BCUT2D eigenvalue weighted by Gasteiger charge is -2.04. The Kier molecular flexibility index (Phi) is 4.22. The molecule has 29 heavy (non-hydrogen) atoms. The highest BCUT2D eigenvalue weighted by Crippen LogP contribution is 2.23. The fraction of sp³-hybridized carbons (Fsp3) is 0.0476. The molecule has 0 radical (unpaired) electrons. The molecule has 0 atom stereocenters. The molecule has 8 heteroatoms. The second kappa shape index (κ2) is 6.91. The molecule has 0 spiro atoms. The Morgan fingerprint density at radius 1 is 1.14 bits per heavy atom. The summed E-state index contributed by atoms with van der Waals surface area (Å²) >= 11 is 6.71. The van der Waals surface area contributed by atoms with Crippen LogP contribution in [0.25, 0.3) is 27.0 Å². The van der Waals surface area contributed by atoms with Crippen molar-refractivity contribution in [2.75, 3.05) is 0 Å². The lowest BCUT2D eigenvalue weighted by molar-refractivity contribution is 0.602. The van der Waals surface area contributed by atoms with Crippen molar-refractivity contribution in [3.63, 3.8) is 0 Å². The predicted octanol–water partition coefficient (Wildman–Crippen LogP) is 5.00. The van der Waals surface area contributed by atoms with Gasteiger partial charge < -0.3 is 4.42 Å². The van der Waals surface area contributed by atoms with E-state index in [1.165, 1.54) is 22.3 Å². The molecule has 5 rings (SSSR count). The maximum absolute atomic E-state index is 13.0. The van der Waals surface area contributed by atoms with E-state index < -0.39 is 0 Å². The maximum Gasteiger partial charge on any atom is 0.293 e. The van der Waals surface area contributed by atoms with Gasteiger partial charge in [-0.2, -0.15) is 9.78 Å². The van der Waals surface area contributed by atoms with Crippen molar-refractivity contribution in [3.05, 3.63) is 87.1 Å². The summed E-state index contributed by atoms with van der Waals surface area (Å²) in [6, 6.07) is 19.2. The van der Waals surface area contributed by atoms with Gasteiger partial charge in [-0.3, -0.25) is 9.36 Å². The molecule has 3 aromatic heterocycles. The van der Waals surface area contributed by atoms with Crippen LogP contribution < -0.4 is 5.56 Å². The molecule has 0 fully saturated rings. The molecule has 0 aliphatic carbocycles. The van der Waals surface area contributed by atoms with Crippen molar-refractivity contribution < 1.29 is 4.42 Å². The van der Waals surface area contributed by atoms with E-state index in [-0.39, 0.29) is 5.56 Å². The van der Waals surface area contributed by atoms with Gasteiger partial charge in [0.1, 0.15) is 22.3 Å². The first-order valence-corrected chi connectivity index (χ1v) is 10.1. The number of furan rings is 1. The number of fused-ring (bicyclic) bond motifs is 2. The summed E-state index contributed by atoms with van der Waals surface area (Å²) in [7, 11) is 0. The number of para-hydroxylation sites is 2. The third-order valence-electron chi connectivity index (χ3n) is 4.53. The van der Waals surface area contributed by atoms with Crippen LogP contribution in [0.2, 0.25) is 0 Å². The second-order valence-corrected chi connectivity index (χ2v) is 8.06. The molecule has 0 saturated heterocycles. The predicted molar refractivity (Wildman–Crippen MR) is 118 cm³/mol. The van der Waals surface area contributed by atoms with Crippen molar-refractivity contribution in [1.82, 2.24) is 14.2 Å². The van der Waals surface area contributed by atoms with Crippen LogP contribution in [-0.2, 0) is 0 Å². The first-order chi connectivity index (χ1) is 14.1. The highest BCUT2D eigenvalue weighted by atomic mass is 32.1. The lowest BCUT2D eigenvalue weighted by atomic mass is 10.2. The van der Waals surface area contributed by atoms with Gasteiger partial charge in [-0.1, -0.05) is 47.7 Å². The number of aromatic nitrogens is 3. The van der Waals surface area contributed by atoms with Crippen molar-refractivity contribution in [1.29, 1.82) is 0 Å². The third kappa shape index (κ3) is 3.02. The molecule has 0 amide bonds. The Labute approximate surface area is 174 Å². The van der Waals surface area contributed by atoms with Crippen LogP contribution in [0.3, 0.4) is 0 Å². The van der Waals surface area contributed by atoms with E-state index in [4.69, 9.17) is 16.6 Å². The number of nitrogens with zero attached hydrogens (tertiary/aromatic N) is 4. The summed E-state index contributed by atoms with van der Waals surface area (Å²) in [6.45, 7) is 1.80. The summed E-state index contributed by atoms with van der Waals surface area (Å²) in [5, 5.41) is 5.40. The minimum absolute atomic E-state index is 0.267. The smallest absolute Gasteiger partial charge is 0.293 e.